The van der Waals surface area contributed by atoms with E-state index in [1.807, 2.05) is 13.8 Å². The van der Waals surface area contributed by atoms with Crippen LogP contribution in [0.4, 0.5) is 5.13 Å². The number of thiazole rings is 1. The molecule has 1 N–H and O–H groups in total. The molecular formula is C21H22ClN3O3S2. The standard InChI is InChI=1S/C21H22ClN3O3S2/c1-13-11-14(2)19-17(12-13)29-21(23-19)24-20(26)15-7-9-25(10-8-15)30(27,28)18-6-4-3-5-16(18)22/h3-6,11-12,15H,7-10H2,1-2H3,(H,23,24,26). The number of piperidine rings is 1. The summed E-state index contributed by atoms with van der Waals surface area (Å²) in [6.45, 7) is 4.61. The summed E-state index contributed by atoms with van der Waals surface area (Å²) in [7, 11) is -3.67. The van der Waals surface area contributed by atoms with E-state index in [0.717, 1.165) is 21.3 Å². The normalized spacial score (nSPS) is 16.1. The van der Waals surface area contributed by atoms with E-state index < -0.39 is 10.0 Å². The molecule has 1 aromatic heterocycles. The van der Waals surface area contributed by atoms with Crippen LogP contribution < -0.4 is 5.32 Å². The highest BCUT2D eigenvalue weighted by Crippen LogP contribution is 2.31. The van der Waals surface area contributed by atoms with Crippen molar-refractivity contribution in [2.45, 2.75) is 31.6 Å². The number of sulfonamides is 1. The topological polar surface area (TPSA) is 79.4 Å². The molecule has 3 aromatic rings. The highest BCUT2D eigenvalue weighted by atomic mass is 35.5. The average molecular weight is 464 g/mol. The van der Waals surface area contributed by atoms with Gasteiger partial charge in [-0.1, -0.05) is 41.1 Å². The number of hydrogen-bond acceptors (Lipinski definition) is 5. The number of carbonyl (C=O) groups is 1. The number of anilines is 1. The predicted molar refractivity (Wildman–Crippen MR) is 121 cm³/mol. The van der Waals surface area contributed by atoms with E-state index in [9.17, 15) is 13.2 Å². The largest absolute Gasteiger partial charge is 0.302 e. The molecular weight excluding hydrogens is 442 g/mol. The number of carbonyl (C=O) groups excluding carboxylic acids is 1. The Bertz CT molecular complexity index is 1220. The molecule has 0 spiro atoms. The molecule has 158 valence electrons. The summed E-state index contributed by atoms with van der Waals surface area (Å²) in [5.41, 5.74) is 3.15. The van der Waals surface area contributed by atoms with Gasteiger partial charge in [-0.25, -0.2) is 13.4 Å². The molecule has 2 heterocycles. The van der Waals surface area contributed by atoms with Crippen molar-refractivity contribution in [1.82, 2.24) is 9.29 Å². The Morgan fingerprint density at radius 2 is 1.90 bits per heavy atom. The van der Waals surface area contributed by atoms with E-state index >= 15 is 0 Å². The molecule has 6 nitrogen and oxygen atoms in total. The molecule has 1 aliphatic heterocycles. The van der Waals surface area contributed by atoms with Gasteiger partial charge < -0.3 is 5.32 Å². The maximum atomic E-state index is 12.9. The van der Waals surface area contributed by atoms with E-state index in [4.69, 9.17) is 11.6 Å². The summed E-state index contributed by atoms with van der Waals surface area (Å²) in [6.07, 6.45) is 0.914. The number of aromatic nitrogens is 1. The second-order valence-electron chi connectivity index (χ2n) is 7.55. The van der Waals surface area contributed by atoms with Crippen molar-refractivity contribution in [1.29, 1.82) is 0 Å². The molecule has 0 bridgehead atoms. The molecule has 30 heavy (non-hydrogen) atoms. The van der Waals surface area contributed by atoms with E-state index in [-0.39, 0.29) is 34.8 Å². The minimum Gasteiger partial charge on any atom is -0.302 e. The lowest BCUT2D eigenvalue weighted by Gasteiger charge is -2.30. The lowest BCUT2D eigenvalue weighted by atomic mass is 9.97. The van der Waals surface area contributed by atoms with Gasteiger partial charge in [-0.05, 0) is 56.0 Å². The van der Waals surface area contributed by atoms with Crippen molar-refractivity contribution >= 4 is 54.2 Å². The first-order valence-corrected chi connectivity index (χ1v) is 12.3. The second kappa shape index (κ2) is 8.26. The maximum absolute atomic E-state index is 12.9. The van der Waals surface area contributed by atoms with Gasteiger partial charge in [0.05, 0.1) is 15.2 Å². The number of nitrogens with zero attached hydrogens (tertiary/aromatic N) is 2. The van der Waals surface area contributed by atoms with Gasteiger partial charge in [0, 0.05) is 19.0 Å². The van der Waals surface area contributed by atoms with E-state index in [2.05, 4.69) is 22.4 Å². The van der Waals surface area contributed by atoms with Crippen molar-refractivity contribution in [3.05, 3.63) is 52.5 Å². The zero-order valence-corrected chi connectivity index (χ0v) is 19.1. The first-order chi connectivity index (χ1) is 14.3. The first kappa shape index (κ1) is 21.2. The summed E-state index contributed by atoms with van der Waals surface area (Å²) >= 11 is 7.53. The Morgan fingerprint density at radius 1 is 1.20 bits per heavy atom. The summed E-state index contributed by atoms with van der Waals surface area (Å²) < 4.78 is 28.2. The lowest BCUT2D eigenvalue weighted by Crippen LogP contribution is -2.41. The molecule has 0 aliphatic carbocycles. The Balaban J connectivity index is 1.42. The SMILES string of the molecule is Cc1cc(C)c2nc(NC(=O)C3CCN(S(=O)(=O)c4ccccc4Cl)CC3)sc2c1. The van der Waals surface area contributed by atoms with Gasteiger partial charge >= 0.3 is 0 Å². The van der Waals surface area contributed by atoms with Crippen LogP contribution in [0.25, 0.3) is 10.2 Å². The van der Waals surface area contributed by atoms with Crippen LogP contribution in [0.15, 0.2) is 41.3 Å². The van der Waals surface area contributed by atoms with Crippen molar-refractivity contribution in [3.8, 4) is 0 Å². The van der Waals surface area contributed by atoms with Crippen LogP contribution >= 0.6 is 22.9 Å². The Hall–Kier alpha value is -2.00. The molecule has 1 amide bonds. The van der Waals surface area contributed by atoms with Crippen LogP contribution in [-0.2, 0) is 14.8 Å². The number of nitrogens with one attached hydrogen (secondary N) is 1. The molecule has 1 aliphatic rings. The summed E-state index contributed by atoms with van der Waals surface area (Å²) in [5, 5.41) is 3.71. The molecule has 0 atom stereocenters. The van der Waals surface area contributed by atoms with Crippen molar-refractivity contribution < 1.29 is 13.2 Å². The smallest absolute Gasteiger partial charge is 0.244 e. The lowest BCUT2D eigenvalue weighted by molar-refractivity contribution is -0.120. The number of hydrogen-bond donors (Lipinski definition) is 1. The van der Waals surface area contributed by atoms with E-state index in [1.54, 1.807) is 18.2 Å². The van der Waals surface area contributed by atoms with E-state index in [1.165, 1.54) is 21.7 Å². The Kier molecular flexibility index (Phi) is 5.85. The predicted octanol–water partition coefficient (Wildman–Crippen LogP) is 4.61. The van der Waals surface area contributed by atoms with Gasteiger partial charge in [0.2, 0.25) is 15.9 Å². The zero-order valence-electron chi connectivity index (χ0n) is 16.7. The van der Waals surface area contributed by atoms with Crippen molar-refractivity contribution in [3.63, 3.8) is 0 Å². The van der Waals surface area contributed by atoms with Gasteiger partial charge in [-0.3, -0.25) is 4.79 Å². The third kappa shape index (κ3) is 4.09. The first-order valence-electron chi connectivity index (χ1n) is 9.69. The van der Waals surface area contributed by atoms with Crippen molar-refractivity contribution in [2.24, 2.45) is 5.92 Å². The van der Waals surface area contributed by atoms with Gasteiger partial charge in [0.25, 0.3) is 0 Å². The fourth-order valence-electron chi connectivity index (χ4n) is 3.78. The van der Waals surface area contributed by atoms with Crippen LogP contribution in [0.2, 0.25) is 5.02 Å². The Labute approximate surface area is 184 Å². The third-order valence-electron chi connectivity index (χ3n) is 5.34. The number of rotatable bonds is 4. The number of aryl methyl sites for hydroxylation is 2. The van der Waals surface area contributed by atoms with Crippen molar-refractivity contribution in [2.75, 3.05) is 18.4 Å². The fourth-order valence-corrected chi connectivity index (χ4v) is 6.79. The van der Waals surface area contributed by atoms with Crippen LogP contribution in [0.3, 0.4) is 0 Å². The highest BCUT2D eigenvalue weighted by Gasteiger charge is 2.33. The summed E-state index contributed by atoms with van der Waals surface area (Å²) in [6, 6.07) is 10.6. The molecule has 4 rings (SSSR count). The molecule has 9 heteroatoms. The molecule has 0 saturated carbocycles. The molecule has 1 fully saturated rings. The second-order valence-corrected chi connectivity index (χ2v) is 10.9. The monoisotopic (exact) mass is 463 g/mol. The van der Waals surface area contributed by atoms with Gasteiger partial charge in [0.1, 0.15) is 4.90 Å². The van der Waals surface area contributed by atoms with Gasteiger partial charge in [-0.15, -0.1) is 0 Å². The minimum atomic E-state index is -3.67. The van der Waals surface area contributed by atoms with Crippen LogP contribution in [0.5, 0.6) is 0 Å². The molecule has 2 aromatic carbocycles. The highest BCUT2D eigenvalue weighted by molar-refractivity contribution is 7.89. The van der Waals surface area contributed by atoms with Crippen LogP contribution in [0.1, 0.15) is 24.0 Å². The fraction of sp³-hybridized carbons (Fsp3) is 0.333. The molecule has 1 saturated heterocycles. The van der Waals surface area contributed by atoms with Crippen LogP contribution in [-0.4, -0.2) is 36.7 Å². The number of amides is 1. The van der Waals surface area contributed by atoms with Gasteiger partial charge in [0.15, 0.2) is 5.13 Å². The number of benzene rings is 2. The van der Waals surface area contributed by atoms with Crippen LogP contribution in [0, 0.1) is 19.8 Å². The minimum absolute atomic E-state index is 0.106. The van der Waals surface area contributed by atoms with Gasteiger partial charge in [-0.2, -0.15) is 4.31 Å². The van der Waals surface area contributed by atoms with E-state index in [0.29, 0.717) is 18.0 Å². The number of fused-ring (bicyclic) bond motifs is 1. The summed E-state index contributed by atoms with van der Waals surface area (Å²) in [4.78, 5) is 17.4. The average Bonchev–Trinajstić information content (AvgIpc) is 3.11. The Morgan fingerprint density at radius 3 is 2.60 bits per heavy atom. The number of halogens is 1. The quantitative estimate of drug-likeness (QED) is 0.612. The zero-order chi connectivity index (χ0) is 21.5. The molecule has 0 unspecified atom stereocenters. The third-order valence-corrected chi connectivity index (χ3v) is 8.66. The maximum Gasteiger partial charge on any atom is 0.244 e. The summed E-state index contributed by atoms with van der Waals surface area (Å²) in [5.74, 6) is -0.365. The molecule has 0 radical (unpaired) electrons.